The standard InChI is InChI=1S/C18H21ClN4O4/c1-2-26-18(25)23-11-9-22(10-12-23)16(24)8-7-15-20-17(21-27-15)13-3-5-14(19)6-4-13/h3-6H,2,7-12H2,1H3. The molecule has 0 radical (unpaired) electrons. The third-order valence-corrected chi connectivity index (χ3v) is 4.53. The molecule has 144 valence electrons. The minimum Gasteiger partial charge on any atom is -0.450 e. The van der Waals surface area contributed by atoms with Gasteiger partial charge in [0.25, 0.3) is 0 Å². The molecule has 2 amide bonds. The molecule has 0 spiro atoms. The van der Waals surface area contributed by atoms with Crippen LogP contribution in [0.25, 0.3) is 11.4 Å². The molecule has 2 aromatic rings. The lowest BCUT2D eigenvalue weighted by molar-refractivity contribution is -0.132. The molecule has 0 N–H and O–H groups in total. The molecule has 1 aromatic heterocycles. The summed E-state index contributed by atoms with van der Waals surface area (Å²) >= 11 is 5.87. The Hall–Kier alpha value is -2.61. The van der Waals surface area contributed by atoms with Gasteiger partial charge < -0.3 is 19.1 Å². The zero-order valence-electron chi connectivity index (χ0n) is 15.1. The number of amides is 2. The molecule has 1 aromatic carbocycles. The summed E-state index contributed by atoms with van der Waals surface area (Å²) in [5.74, 6) is 0.889. The normalized spacial score (nSPS) is 14.3. The monoisotopic (exact) mass is 392 g/mol. The van der Waals surface area contributed by atoms with Crippen LogP contribution in [0, 0.1) is 0 Å². The number of halogens is 1. The van der Waals surface area contributed by atoms with Crippen molar-refractivity contribution in [2.75, 3.05) is 32.8 Å². The van der Waals surface area contributed by atoms with Gasteiger partial charge in [-0.3, -0.25) is 4.79 Å². The van der Waals surface area contributed by atoms with E-state index in [1.165, 1.54) is 0 Å². The molecule has 0 saturated carbocycles. The molecule has 2 heterocycles. The molecule has 0 bridgehead atoms. The molecule has 3 rings (SSSR count). The second kappa shape index (κ2) is 8.85. The molecule has 9 heteroatoms. The molecule has 1 fully saturated rings. The summed E-state index contributed by atoms with van der Waals surface area (Å²) < 4.78 is 10.2. The van der Waals surface area contributed by atoms with E-state index >= 15 is 0 Å². The van der Waals surface area contributed by atoms with Gasteiger partial charge in [0.15, 0.2) is 0 Å². The van der Waals surface area contributed by atoms with Crippen LogP contribution in [0.15, 0.2) is 28.8 Å². The molecule has 0 unspecified atom stereocenters. The molecule has 1 saturated heterocycles. The van der Waals surface area contributed by atoms with Gasteiger partial charge in [0.1, 0.15) is 0 Å². The number of piperazine rings is 1. The number of hydrogen-bond acceptors (Lipinski definition) is 6. The maximum absolute atomic E-state index is 12.4. The van der Waals surface area contributed by atoms with Crippen molar-refractivity contribution < 1.29 is 18.8 Å². The van der Waals surface area contributed by atoms with E-state index in [-0.39, 0.29) is 18.4 Å². The fourth-order valence-corrected chi connectivity index (χ4v) is 2.92. The Morgan fingerprint density at radius 3 is 2.48 bits per heavy atom. The van der Waals surface area contributed by atoms with Gasteiger partial charge >= 0.3 is 6.09 Å². The van der Waals surface area contributed by atoms with E-state index in [9.17, 15) is 9.59 Å². The van der Waals surface area contributed by atoms with Crippen molar-refractivity contribution in [3.63, 3.8) is 0 Å². The van der Waals surface area contributed by atoms with Crippen LogP contribution in [0.5, 0.6) is 0 Å². The molecule has 0 aliphatic carbocycles. The predicted octanol–water partition coefficient (Wildman–Crippen LogP) is 2.62. The molecular formula is C18H21ClN4O4. The number of benzene rings is 1. The number of hydrogen-bond donors (Lipinski definition) is 0. The van der Waals surface area contributed by atoms with Gasteiger partial charge in [0.05, 0.1) is 6.61 Å². The quantitative estimate of drug-likeness (QED) is 0.777. The Balaban J connectivity index is 1.47. The van der Waals surface area contributed by atoms with E-state index in [4.69, 9.17) is 20.9 Å². The lowest BCUT2D eigenvalue weighted by Crippen LogP contribution is -2.50. The Morgan fingerprint density at radius 2 is 1.81 bits per heavy atom. The first kappa shape index (κ1) is 19.2. The van der Waals surface area contributed by atoms with Gasteiger partial charge in [-0.25, -0.2) is 4.79 Å². The predicted molar refractivity (Wildman–Crippen MR) is 98.2 cm³/mol. The summed E-state index contributed by atoms with van der Waals surface area (Å²) in [6, 6.07) is 7.13. The van der Waals surface area contributed by atoms with Crippen LogP contribution in [-0.4, -0.2) is 64.7 Å². The highest BCUT2D eigenvalue weighted by molar-refractivity contribution is 6.30. The highest BCUT2D eigenvalue weighted by Crippen LogP contribution is 2.19. The topological polar surface area (TPSA) is 88.8 Å². The number of aromatic nitrogens is 2. The first-order valence-electron chi connectivity index (χ1n) is 8.85. The molecule has 1 aliphatic heterocycles. The zero-order chi connectivity index (χ0) is 19.2. The van der Waals surface area contributed by atoms with Gasteiger partial charge in [0, 0.05) is 49.6 Å². The summed E-state index contributed by atoms with van der Waals surface area (Å²) in [6.45, 7) is 4.07. The first-order valence-corrected chi connectivity index (χ1v) is 9.22. The van der Waals surface area contributed by atoms with E-state index < -0.39 is 0 Å². The minimum absolute atomic E-state index is 0.00440. The summed E-state index contributed by atoms with van der Waals surface area (Å²) in [5, 5.41) is 4.58. The lowest BCUT2D eigenvalue weighted by atomic mass is 10.2. The Morgan fingerprint density at radius 1 is 1.15 bits per heavy atom. The molecule has 0 atom stereocenters. The van der Waals surface area contributed by atoms with Crippen molar-refractivity contribution in [1.82, 2.24) is 19.9 Å². The second-order valence-corrected chi connectivity index (χ2v) is 6.52. The van der Waals surface area contributed by atoms with E-state index in [0.29, 0.717) is 55.9 Å². The zero-order valence-corrected chi connectivity index (χ0v) is 15.8. The molecular weight excluding hydrogens is 372 g/mol. The minimum atomic E-state index is -0.329. The van der Waals surface area contributed by atoms with Gasteiger partial charge in [-0.2, -0.15) is 4.98 Å². The average Bonchev–Trinajstić information content (AvgIpc) is 3.16. The van der Waals surface area contributed by atoms with Crippen LogP contribution >= 0.6 is 11.6 Å². The summed E-state index contributed by atoms with van der Waals surface area (Å²) in [6.07, 6.45) is 0.323. The van der Waals surface area contributed by atoms with E-state index in [0.717, 1.165) is 5.56 Å². The van der Waals surface area contributed by atoms with E-state index in [1.807, 2.05) is 12.1 Å². The van der Waals surface area contributed by atoms with Crippen molar-refractivity contribution in [3.05, 3.63) is 35.2 Å². The van der Waals surface area contributed by atoms with E-state index in [2.05, 4.69) is 10.1 Å². The van der Waals surface area contributed by atoms with Gasteiger partial charge in [0.2, 0.25) is 17.6 Å². The third kappa shape index (κ3) is 4.97. The van der Waals surface area contributed by atoms with Crippen LogP contribution in [0.1, 0.15) is 19.2 Å². The van der Waals surface area contributed by atoms with E-state index in [1.54, 1.807) is 28.9 Å². The Kier molecular flexibility index (Phi) is 6.28. The lowest BCUT2D eigenvalue weighted by Gasteiger charge is -2.34. The van der Waals surface area contributed by atoms with Crippen molar-refractivity contribution in [2.24, 2.45) is 0 Å². The van der Waals surface area contributed by atoms with Gasteiger partial charge in [-0.1, -0.05) is 16.8 Å². The number of aryl methyl sites for hydroxylation is 1. The van der Waals surface area contributed by atoms with Gasteiger partial charge in [-0.15, -0.1) is 0 Å². The first-order chi connectivity index (χ1) is 13.1. The van der Waals surface area contributed by atoms with Crippen molar-refractivity contribution >= 4 is 23.6 Å². The largest absolute Gasteiger partial charge is 0.450 e. The molecule has 27 heavy (non-hydrogen) atoms. The summed E-state index contributed by atoms with van der Waals surface area (Å²) in [7, 11) is 0. The third-order valence-electron chi connectivity index (χ3n) is 4.28. The highest BCUT2D eigenvalue weighted by atomic mass is 35.5. The number of nitrogens with zero attached hydrogens (tertiary/aromatic N) is 4. The van der Waals surface area contributed by atoms with Crippen molar-refractivity contribution in [3.8, 4) is 11.4 Å². The maximum Gasteiger partial charge on any atom is 0.409 e. The Bertz CT molecular complexity index is 785. The number of rotatable bonds is 5. The molecule has 1 aliphatic rings. The Labute approximate surface area is 162 Å². The summed E-state index contributed by atoms with van der Waals surface area (Å²) in [4.78, 5) is 31.7. The van der Waals surface area contributed by atoms with Crippen molar-refractivity contribution in [1.29, 1.82) is 0 Å². The van der Waals surface area contributed by atoms with Crippen LogP contribution in [0.2, 0.25) is 5.02 Å². The van der Waals surface area contributed by atoms with Crippen molar-refractivity contribution in [2.45, 2.75) is 19.8 Å². The average molecular weight is 393 g/mol. The number of carbonyl (C=O) groups is 2. The smallest absolute Gasteiger partial charge is 0.409 e. The number of ether oxygens (including phenoxy) is 1. The maximum atomic E-state index is 12.4. The summed E-state index contributed by atoms with van der Waals surface area (Å²) in [5.41, 5.74) is 0.802. The SMILES string of the molecule is CCOC(=O)N1CCN(C(=O)CCc2nc(-c3ccc(Cl)cc3)no2)CC1. The number of carbonyl (C=O) groups excluding carboxylic acids is 2. The molecule has 8 nitrogen and oxygen atoms in total. The van der Waals surface area contributed by atoms with Gasteiger partial charge in [-0.05, 0) is 31.2 Å². The highest BCUT2D eigenvalue weighted by Gasteiger charge is 2.25. The second-order valence-electron chi connectivity index (χ2n) is 6.09. The van der Waals surface area contributed by atoms with Crippen LogP contribution < -0.4 is 0 Å². The van der Waals surface area contributed by atoms with Crippen LogP contribution in [0.4, 0.5) is 4.79 Å². The van der Waals surface area contributed by atoms with Crippen LogP contribution in [-0.2, 0) is 16.0 Å². The van der Waals surface area contributed by atoms with Crippen LogP contribution in [0.3, 0.4) is 0 Å². The fourth-order valence-electron chi connectivity index (χ4n) is 2.80. The fraction of sp³-hybridized carbons (Fsp3) is 0.444.